The Morgan fingerprint density at radius 1 is 1.04 bits per heavy atom. The number of pyridine rings is 1. The molecule has 0 bridgehead atoms. The summed E-state index contributed by atoms with van der Waals surface area (Å²) >= 11 is 5.27. The summed E-state index contributed by atoms with van der Waals surface area (Å²) in [5, 5.41) is 0.0382. The molecule has 3 nitrogen and oxygen atoms in total. The average molecular weight is 409 g/mol. The normalized spacial score (nSPS) is 20.1. The molecule has 5 heteroatoms. The first-order valence-electron chi connectivity index (χ1n) is 8.03. The van der Waals surface area contributed by atoms with E-state index in [0.717, 1.165) is 10.2 Å². The van der Waals surface area contributed by atoms with E-state index in [0.29, 0.717) is 5.56 Å². The summed E-state index contributed by atoms with van der Waals surface area (Å²) in [6.07, 6.45) is 3.76. The van der Waals surface area contributed by atoms with Gasteiger partial charge in [0.1, 0.15) is 0 Å². The zero-order valence-electron chi connectivity index (χ0n) is 13.1. The van der Waals surface area contributed by atoms with Crippen molar-refractivity contribution in [3.8, 4) is 0 Å². The summed E-state index contributed by atoms with van der Waals surface area (Å²) in [4.78, 5) is 20.9. The fourth-order valence-corrected chi connectivity index (χ4v) is 5.62. The number of halogens is 1. The second-order valence-electron chi connectivity index (χ2n) is 6.11. The predicted molar refractivity (Wildman–Crippen MR) is 103 cm³/mol. The summed E-state index contributed by atoms with van der Waals surface area (Å²) in [6.45, 7) is 0. The average Bonchev–Trinajstić information content (AvgIpc) is 3.16. The molecular weight excluding hydrogens is 396 g/mol. The summed E-state index contributed by atoms with van der Waals surface area (Å²) in [5.41, 5.74) is 4.10. The number of carbonyl (C=O) groups is 1. The number of carbonyl (C=O) groups excluding carboxylic acids is 1. The van der Waals surface area contributed by atoms with Gasteiger partial charge in [0.25, 0.3) is 5.91 Å². The van der Waals surface area contributed by atoms with Crippen molar-refractivity contribution >= 4 is 39.3 Å². The van der Waals surface area contributed by atoms with E-state index in [1.807, 2.05) is 65.8 Å². The highest BCUT2D eigenvalue weighted by Crippen LogP contribution is 2.57. The molecule has 0 fully saturated rings. The molecule has 25 heavy (non-hydrogen) atoms. The van der Waals surface area contributed by atoms with Crippen LogP contribution in [0.25, 0.3) is 0 Å². The number of rotatable bonds is 1. The van der Waals surface area contributed by atoms with Crippen LogP contribution >= 0.6 is 27.7 Å². The number of amides is 1. The lowest BCUT2D eigenvalue weighted by molar-refractivity contribution is 0.0985. The van der Waals surface area contributed by atoms with Crippen LogP contribution in [0.1, 0.15) is 27.4 Å². The molecule has 2 atom stereocenters. The Balaban J connectivity index is 1.67. The third kappa shape index (κ3) is 2.19. The molecular formula is C20H13BrN2OS. The van der Waals surface area contributed by atoms with Crippen molar-refractivity contribution < 1.29 is 4.79 Å². The highest BCUT2D eigenvalue weighted by atomic mass is 79.9. The van der Waals surface area contributed by atoms with E-state index in [1.165, 1.54) is 16.0 Å². The van der Waals surface area contributed by atoms with E-state index >= 15 is 0 Å². The van der Waals surface area contributed by atoms with Crippen LogP contribution in [0.2, 0.25) is 0 Å². The van der Waals surface area contributed by atoms with Gasteiger partial charge in [-0.05, 0) is 51.3 Å². The topological polar surface area (TPSA) is 33.2 Å². The maximum Gasteiger partial charge on any atom is 0.260 e. The summed E-state index contributed by atoms with van der Waals surface area (Å²) in [6, 6.07) is 17.9. The molecule has 1 aromatic heterocycles. The van der Waals surface area contributed by atoms with Crippen LogP contribution < -0.4 is 4.90 Å². The molecule has 122 valence electrons. The number of aromatic nitrogens is 1. The Kier molecular flexibility index (Phi) is 3.47. The SMILES string of the molecule is O=C(c1ccccc1Br)N1c2ccccc2C2c3cnccc3SC21. The minimum atomic E-state index is 0.0284. The van der Waals surface area contributed by atoms with Crippen molar-refractivity contribution in [3.63, 3.8) is 0 Å². The van der Waals surface area contributed by atoms with Crippen LogP contribution in [0.5, 0.6) is 0 Å². The van der Waals surface area contributed by atoms with Crippen molar-refractivity contribution in [2.24, 2.45) is 0 Å². The van der Waals surface area contributed by atoms with Gasteiger partial charge in [-0.1, -0.05) is 42.1 Å². The third-order valence-corrected chi connectivity index (χ3v) is 6.83. The zero-order valence-corrected chi connectivity index (χ0v) is 15.5. The molecule has 0 saturated heterocycles. The lowest BCUT2D eigenvalue weighted by atomic mass is 9.95. The van der Waals surface area contributed by atoms with Crippen LogP contribution in [0, 0.1) is 0 Å². The number of fused-ring (bicyclic) bond motifs is 5. The van der Waals surface area contributed by atoms with Gasteiger partial charge in [-0.3, -0.25) is 14.7 Å². The second kappa shape index (κ2) is 5.71. The maximum atomic E-state index is 13.4. The van der Waals surface area contributed by atoms with Crippen molar-refractivity contribution in [1.82, 2.24) is 4.98 Å². The molecule has 0 spiro atoms. The van der Waals surface area contributed by atoms with Crippen LogP contribution in [0.3, 0.4) is 0 Å². The lowest BCUT2D eigenvalue weighted by Gasteiger charge is -2.24. The molecule has 3 aromatic rings. The number of hydrogen-bond acceptors (Lipinski definition) is 3. The van der Waals surface area contributed by atoms with Crippen molar-refractivity contribution in [2.45, 2.75) is 16.2 Å². The number of para-hydroxylation sites is 1. The molecule has 1 amide bonds. The summed E-state index contributed by atoms with van der Waals surface area (Å²) < 4.78 is 0.822. The van der Waals surface area contributed by atoms with Gasteiger partial charge in [-0.15, -0.1) is 0 Å². The van der Waals surface area contributed by atoms with Crippen molar-refractivity contribution in [3.05, 3.63) is 88.2 Å². The van der Waals surface area contributed by atoms with Crippen LogP contribution in [-0.2, 0) is 0 Å². The second-order valence-corrected chi connectivity index (χ2v) is 8.13. The summed E-state index contributed by atoms with van der Waals surface area (Å²) in [7, 11) is 0. The van der Waals surface area contributed by atoms with Gasteiger partial charge in [-0.2, -0.15) is 0 Å². The molecule has 2 aliphatic rings. The highest BCUT2D eigenvalue weighted by molar-refractivity contribution is 9.10. The highest BCUT2D eigenvalue weighted by Gasteiger charge is 2.48. The monoisotopic (exact) mass is 408 g/mol. The molecule has 0 saturated carbocycles. The van der Waals surface area contributed by atoms with Gasteiger partial charge in [-0.25, -0.2) is 0 Å². The molecule has 0 aliphatic carbocycles. The van der Waals surface area contributed by atoms with Gasteiger partial charge in [0.15, 0.2) is 0 Å². The maximum absolute atomic E-state index is 13.4. The zero-order chi connectivity index (χ0) is 17.0. The quantitative estimate of drug-likeness (QED) is 0.563. The molecule has 2 aromatic carbocycles. The lowest BCUT2D eigenvalue weighted by Crippen LogP contribution is -2.36. The fraction of sp³-hybridized carbons (Fsp3) is 0.100. The van der Waals surface area contributed by atoms with E-state index in [9.17, 15) is 4.79 Å². The molecule has 0 radical (unpaired) electrons. The number of nitrogens with zero attached hydrogens (tertiary/aromatic N) is 2. The predicted octanol–water partition coefficient (Wildman–Crippen LogP) is 5.07. The van der Waals surface area contributed by atoms with Crippen LogP contribution in [-0.4, -0.2) is 16.3 Å². The standard InChI is InChI=1S/C20H13BrN2OS/c21-15-7-3-1-5-12(15)19(24)23-16-8-4-2-6-13(16)18-14-11-22-10-9-17(14)25-20(18)23/h1-11,18,20H. The van der Waals surface area contributed by atoms with Gasteiger partial charge >= 0.3 is 0 Å². The Labute approximate surface area is 158 Å². The first-order chi connectivity index (χ1) is 12.3. The van der Waals surface area contributed by atoms with Crippen molar-refractivity contribution in [2.75, 3.05) is 4.90 Å². The minimum absolute atomic E-state index is 0.0284. The van der Waals surface area contributed by atoms with Gasteiger partial charge < -0.3 is 0 Å². The van der Waals surface area contributed by atoms with E-state index < -0.39 is 0 Å². The molecule has 3 heterocycles. The van der Waals surface area contributed by atoms with Gasteiger partial charge in [0.2, 0.25) is 0 Å². The summed E-state index contributed by atoms with van der Waals surface area (Å²) in [5.74, 6) is 0.206. The smallest absolute Gasteiger partial charge is 0.260 e. The van der Waals surface area contributed by atoms with Crippen molar-refractivity contribution in [1.29, 1.82) is 0 Å². The van der Waals surface area contributed by atoms with E-state index in [-0.39, 0.29) is 17.2 Å². The Morgan fingerprint density at radius 3 is 2.72 bits per heavy atom. The number of thioether (sulfide) groups is 1. The van der Waals surface area contributed by atoms with Gasteiger partial charge in [0.05, 0.1) is 10.9 Å². The van der Waals surface area contributed by atoms with E-state index in [2.05, 4.69) is 27.0 Å². The van der Waals surface area contributed by atoms with E-state index in [4.69, 9.17) is 0 Å². The van der Waals surface area contributed by atoms with Gasteiger partial charge in [0, 0.05) is 33.4 Å². The molecule has 5 rings (SSSR count). The first kappa shape index (κ1) is 15.2. The Bertz CT molecular complexity index is 1010. The number of benzene rings is 2. The minimum Gasteiger partial charge on any atom is -0.294 e. The first-order valence-corrected chi connectivity index (χ1v) is 9.70. The molecule has 0 N–H and O–H groups in total. The molecule has 2 aliphatic heterocycles. The largest absolute Gasteiger partial charge is 0.294 e. The van der Waals surface area contributed by atoms with Crippen LogP contribution in [0.15, 0.2) is 76.4 Å². The number of hydrogen-bond donors (Lipinski definition) is 0. The number of anilines is 1. The van der Waals surface area contributed by atoms with E-state index in [1.54, 1.807) is 11.8 Å². The fourth-order valence-electron chi connectivity index (χ4n) is 3.71. The third-order valence-electron chi connectivity index (χ3n) is 4.79. The molecule has 2 unspecified atom stereocenters. The Hall–Kier alpha value is -2.11. The van der Waals surface area contributed by atoms with Crippen LogP contribution in [0.4, 0.5) is 5.69 Å². The Morgan fingerprint density at radius 2 is 1.84 bits per heavy atom.